The Morgan fingerprint density at radius 3 is 2.62 bits per heavy atom. The summed E-state index contributed by atoms with van der Waals surface area (Å²) in [5.41, 5.74) is 1.30. The van der Waals surface area contributed by atoms with Crippen LogP contribution in [0.4, 0.5) is 0 Å². The van der Waals surface area contributed by atoms with E-state index in [0.717, 1.165) is 37.4 Å². The molecule has 1 heterocycles. The van der Waals surface area contributed by atoms with Crippen LogP contribution < -0.4 is 4.74 Å². The number of hydrogen-bond acceptors (Lipinski definition) is 5. The van der Waals surface area contributed by atoms with E-state index in [1.807, 2.05) is 23.6 Å². The van der Waals surface area contributed by atoms with Crippen LogP contribution in [0.15, 0.2) is 29.4 Å². The van der Waals surface area contributed by atoms with Crippen LogP contribution in [-0.4, -0.2) is 38.2 Å². The van der Waals surface area contributed by atoms with Gasteiger partial charge in [0.2, 0.25) is 0 Å². The zero-order valence-corrected chi connectivity index (χ0v) is 14.9. The summed E-state index contributed by atoms with van der Waals surface area (Å²) in [6, 6.07) is 8.14. The lowest BCUT2D eigenvalue weighted by atomic mass is 10.2. The minimum atomic E-state index is -0.852. The molecule has 0 fully saturated rings. The average Bonchev–Trinajstić information content (AvgIpc) is 2.99. The molecule has 0 saturated heterocycles. The van der Waals surface area contributed by atoms with Crippen molar-refractivity contribution in [2.24, 2.45) is 0 Å². The van der Waals surface area contributed by atoms with Gasteiger partial charge in [0.05, 0.1) is 12.4 Å². The molecule has 6 nitrogen and oxygen atoms in total. The zero-order chi connectivity index (χ0) is 17.4. The second kappa shape index (κ2) is 9.32. The van der Waals surface area contributed by atoms with Gasteiger partial charge < -0.3 is 14.4 Å². The first-order valence-corrected chi connectivity index (χ1v) is 9.11. The number of carboxylic acids is 1. The fourth-order valence-electron chi connectivity index (χ4n) is 2.30. The quantitative estimate of drug-likeness (QED) is 0.525. The highest BCUT2D eigenvalue weighted by atomic mass is 32.2. The molecule has 1 aromatic heterocycles. The summed E-state index contributed by atoms with van der Waals surface area (Å²) in [4.78, 5) is 10.7. The monoisotopic (exact) mass is 349 g/mol. The third kappa shape index (κ3) is 5.26. The van der Waals surface area contributed by atoms with Crippen molar-refractivity contribution in [1.29, 1.82) is 0 Å². The third-order valence-corrected chi connectivity index (χ3v) is 4.53. The first kappa shape index (κ1) is 18.3. The number of carboxylic acid groups (broad SMARTS) is 1. The van der Waals surface area contributed by atoms with Gasteiger partial charge in [-0.2, -0.15) is 0 Å². The van der Waals surface area contributed by atoms with Gasteiger partial charge in [-0.15, -0.1) is 10.2 Å². The Bertz CT molecular complexity index is 656. The molecule has 0 aliphatic carbocycles. The number of carbonyl (C=O) groups is 1. The Morgan fingerprint density at radius 2 is 2.00 bits per heavy atom. The second-order valence-electron chi connectivity index (χ2n) is 5.27. The molecule has 0 radical (unpaired) electrons. The number of aromatic nitrogens is 3. The van der Waals surface area contributed by atoms with E-state index >= 15 is 0 Å². The second-order valence-corrected chi connectivity index (χ2v) is 6.22. The number of hydrogen-bond donors (Lipinski definition) is 1. The molecule has 0 aliphatic rings. The topological polar surface area (TPSA) is 77.2 Å². The Balaban J connectivity index is 1.81. The molecule has 2 aromatic rings. The van der Waals surface area contributed by atoms with Crippen LogP contribution in [-0.2, 0) is 24.2 Å². The van der Waals surface area contributed by atoms with Gasteiger partial charge in [-0.3, -0.25) is 4.79 Å². The van der Waals surface area contributed by atoms with E-state index in [1.165, 1.54) is 17.3 Å². The number of thioether (sulfide) groups is 1. The number of aliphatic carboxylic acids is 1. The molecule has 0 spiro atoms. The van der Waals surface area contributed by atoms with Crippen LogP contribution in [0.5, 0.6) is 5.75 Å². The van der Waals surface area contributed by atoms with E-state index in [0.29, 0.717) is 11.8 Å². The Morgan fingerprint density at radius 1 is 1.25 bits per heavy atom. The molecule has 0 unspecified atom stereocenters. The molecule has 7 heteroatoms. The van der Waals surface area contributed by atoms with Crippen molar-refractivity contribution in [3.63, 3.8) is 0 Å². The molecule has 1 N–H and O–H groups in total. The fourth-order valence-corrected chi connectivity index (χ4v) is 3.04. The Hall–Kier alpha value is -2.02. The first-order chi connectivity index (χ1) is 11.6. The first-order valence-electron chi connectivity index (χ1n) is 8.12. The van der Waals surface area contributed by atoms with Gasteiger partial charge in [0.25, 0.3) is 0 Å². The lowest BCUT2D eigenvalue weighted by molar-refractivity contribution is -0.133. The van der Waals surface area contributed by atoms with Gasteiger partial charge >= 0.3 is 5.97 Å². The summed E-state index contributed by atoms with van der Waals surface area (Å²) in [5, 5.41) is 17.7. The van der Waals surface area contributed by atoms with E-state index in [9.17, 15) is 4.79 Å². The van der Waals surface area contributed by atoms with Crippen molar-refractivity contribution in [2.45, 2.75) is 44.8 Å². The van der Waals surface area contributed by atoms with Gasteiger partial charge in [0.1, 0.15) is 11.6 Å². The summed E-state index contributed by atoms with van der Waals surface area (Å²) in [6.07, 6.45) is 2.61. The smallest absolute Gasteiger partial charge is 0.313 e. The summed E-state index contributed by atoms with van der Waals surface area (Å²) >= 11 is 1.20. The summed E-state index contributed by atoms with van der Waals surface area (Å²) in [6.45, 7) is 5.47. The predicted octanol–water partition coefficient (Wildman–Crippen LogP) is 3.05. The average molecular weight is 349 g/mol. The SMILES string of the molecule is CCc1ccc(OCCCc2nnc(SCC(=O)O)n2CC)cc1. The van der Waals surface area contributed by atoms with Gasteiger partial charge in [-0.25, -0.2) is 0 Å². The third-order valence-electron chi connectivity index (χ3n) is 3.58. The van der Waals surface area contributed by atoms with Gasteiger partial charge in [0, 0.05) is 13.0 Å². The van der Waals surface area contributed by atoms with Crippen LogP contribution in [0.3, 0.4) is 0 Å². The van der Waals surface area contributed by atoms with Crippen LogP contribution in [0, 0.1) is 0 Å². The van der Waals surface area contributed by atoms with Crippen molar-refractivity contribution in [2.75, 3.05) is 12.4 Å². The van der Waals surface area contributed by atoms with Crippen molar-refractivity contribution < 1.29 is 14.6 Å². The van der Waals surface area contributed by atoms with Gasteiger partial charge in [-0.1, -0.05) is 30.8 Å². The van der Waals surface area contributed by atoms with E-state index < -0.39 is 5.97 Å². The largest absolute Gasteiger partial charge is 0.494 e. The number of nitrogens with zero attached hydrogens (tertiary/aromatic N) is 3. The van der Waals surface area contributed by atoms with E-state index in [1.54, 1.807) is 0 Å². The molecule has 1 aromatic carbocycles. The normalized spacial score (nSPS) is 10.8. The van der Waals surface area contributed by atoms with Crippen LogP contribution in [0.2, 0.25) is 0 Å². The zero-order valence-electron chi connectivity index (χ0n) is 14.1. The molecule has 130 valence electrons. The van der Waals surface area contributed by atoms with Crippen molar-refractivity contribution in [3.8, 4) is 5.75 Å². The standard InChI is InChI=1S/C17H23N3O3S/c1-3-13-7-9-14(10-8-13)23-11-5-6-15-18-19-17(20(15)4-2)24-12-16(21)22/h7-10H,3-6,11-12H2,1-2H3,(H,21,22). The Labute approximate surface area is 146 Å². The summed E-state index contributed by atoms with van der Waals surface area (Å²) < 4.78 is 7.71. The molecule has 0 bridgehead atoms. The molecule has 0 aliphatic heterocycles. The maximum atomic E-state index is 10.7. The highest BCUT2D eigenvalue weighted by molar-refractivity contribution is 7.99. The molecule has 24 heavy (non-hydrogen) atoms. The van der Waals surface area contributed by atoms with Crippen LogP contribution in [0.1, 0.15) is 31.7 Å². The molecule has 0 saturated carbocycles. The summed E-state index contributed by atoms with van der Waals surface area (Å²) in [7, 11) is 0. The van der Waals surface area contributed by atoms with Crippen LogP contribution >= 0.6 is 11.8 Å². The van der Waals surface area contributed by atoms with Gasteiger partial charge in [0.15, 0.2) is 5.16 Å². The van der Waals surface area contributed by atoms with E-state index in [2.05, 4.69) is 29.3 Å². The number of ether oxygens (including phenoxy) is 1. The molecule has 0 atom stereocenters. The van der Waals surface area contributed by atoms with Gasteiger partial charge in [-0.05, 0) is 37.5 Å². The van der Waals surface area contributed by atoms with Crippen LogP contribution in [0.25, 0.3) is 0 Å². The molecule has 2 rings (SSSR count). The lowest BCUT2D eigenvalue weighted by Crippen LogP contribution is -2.07. The maximum absolute atomic E-state index is 10.7. The predicted molar refractivity (Wildman–Crippen MR) is 93.7 cm³/mol. The van der Waals surface area contributed by atoms with Crippen molar-refractivity contribution >= 4 is 17.7 Å². The molecule has 0 amide bonds. The minimum absolute atomic E-state index is 0.00496. The highest BCUT2D eigenvalue weighted by Crippen LogP contribution is 2.18. The van der Waals surface area contributed by atoms with Crippen molar-refractivity contribution in [3.05, 3.63) is 35.7 Å². The van der Waals surface area contributed by atoms with E-state index in [-0.39, 0.29) is 5.75 Å². The molecular formula is C17H23N3O3S. The highest BCUT2D eigenvalue weighted by Gasteiger charge is 2.12. The lowest BCUT2D eigenvalue weighted by Gasteiger charge is -2.08. The number of rotatable bonds is 10. The van der Waals surface area contributed by atoms with E-state index in [4.69, 9.17) is 9.84 Å². The number of benzene rings is 1. The maximum Gasteiger partial charge on any atom is 0.313 e. The number of aryl methyl sites for hydroxylation is 2. The Kier molecular flexibility index (Phi) is 7.11. The molecular weight excluding hydrogens is 326 g/mol. The van der Waals surface area contributed by atoms with Crippen molar-refractivity contribution in [1.82, 2.24) is 14.8 Å². The minimum Gasteiger partial charge on any atom is -0.494 e. The fraction of sp³-hybridized carbons (Fsp3) is 0.471. The summed E-state index contributed by atoms with van der Waals surface area (Å²) in [5.74, 6) is 0.890.